The molecule has 0 fully saturated rings. The summed E-state index contributed by atoms with van der Waals surface area (Å²) in [4.78, 5) is 25.5. The van der Waals surface area contributed by atoms with Crippen LogP contribution in [0.4, 0.5) is 0 Å². The van der Waals surface area contributed by atoms with E-state index < -0.39 is 5.97 Å². The highest BCUT2D eigenvalue weighted by atomic mass is 16.5. The number of nitrogens with zero attached hydrogens (tertiary/aromatic N) is 3. The molecule has 0 aliphatic rings. The van der Waals surface area contributed by atoms with Crippen LogP contribution in [0.15, 0.2) is 12.7 Å². The van der Waals surface area contributed by atoms with E-state index in [9.17, 15) is 9.59 Å². The number of hydrogen-bond donors (Lipinski definition) is 0. The van der Waals surface area contributed by atoms with E-state index in [0.29, 0.717) is 6.61 Å². The summed E-state index contributed by atoms with van der Waals surface area (Å²) >= 11 is 0. The van der Waals surface area contributed by atoms with Crippen LogP contribution in [0.3, 0.4) is 0 Å². The van der Waals surface area contributed by atoms with E-state index in [0.717, 1.165) is 32.2 Å². The molecular weight excluding hydrogens is 234 g/mol. The molecule has 0 radical (unpaired) electrons. The molecule has 0 aliphatic heterocycles. The van der Waals surface area contributed by atoms with Gasteiger partial charge in [0.15, 0.2) is 0 Å². The summed E-state index contributed by atoms with van der Waals surface area (Å²) in [7, 11) is 0. The first kappa shape index (κ1) is 14.3. The van der Waals surface area contributed by atoms with Gasteiger partial charge >= 0.3 is 5.97 Å². The third kappa shape index (κ3) is 6.78. The summed E-state index contributed by atoms with van der Waals surface area (Å²) in [6, 6.07) is 0. The summed E-state index contributed by atoms with van der Waals surface area (Å²) in [5, 5.41) is 4.01. The number of esters is 1. The van der Waals surface area contributed by atoms with Crippen LogP contribution in [0.5, 0.6) is 0 Å². The van der Waals surface area contributed by atoms with Crippen LogP contribution in [0, 0.1) is 0 Å². The van der Waals surface area contributed by atoms with E-state index in [4.69, 9.17) is 4.74 Å². The molecule has 100 valence electrons. The summed E-state index contributed by atoms with van der Waals surface area (Å²) in [6.45, 7) is 2.64. The Hall–Kier alpha value is -1.72. The summed E-state index contributed by atoms with van der Waals surface area (Å²) in [6.07, 6.45) is 7.03. The zero-order valence-corrected chi connectivity index (χ0v) is 10.7. The average molecular weight is 253 g/mol. The van der Waals surface area contributed by atoms with Crippen molar-refractivity contribution in [2.24, 2.45) is 0 Å². The minimum Gasteiger partial charge on any atom is -0.465 e. The molecule has 0 unspecified atom stereocenters. The molecule has 1 aromatic rings. The Morgan fingerprint density at radius 2 is 2.00 bits per heavy atom. The second-order valence-electron chi connectivity index (χ2n) is 4.17. The van der Waals surface area contributed by atoms with E-state index in [1.807, 2.05) is 0 Å². The van der Waals surface area contributed by atoms with Gasteiger partial charge in [-0.2, -0.15) is 5.10 Å². The monoisotopic (exact) mass is 253 g/mol. The second kappa shape index (κ2) is 8.38. The van der Waals surface area contributed by atoms with Crippen molar-refractivity contribution in [2.75, 3.05) is 6.61 Å². The smallest absolute Gasteiger partial charge is 0.313 e. The molecule has 1 rings (SSSR count). The molecule has 0 N–H and O–H groups in total. The van der Waals surface area contributed by atoms with Crippen LogP contribution in [0.1, 0.15) is 39.0 Å². The number of aromatic nitrogens is 3. The second-order valence-corrected chi connectivity index (χ2v) is 4.17. The van der Waals surface area contributed by atoms with Gasteiger partial charge in [0.1, 0.15) is 24.9 Å². The fourth-order valence-corrected chi connectivity index (χ4v) is 1.52. The van der Waals surface area contributed by atoms with Crippen molar-refractivity contribution in [3.63, 3.8) is 0 Å². The number of carbonyl (C=O) groups is 2. The number of rotatable bonds is 9. The molecule has 1 heterocycles. The van der Waals surface area contributed by atoms with Gasteiger partial charge in [-0.15, -0.1) is 0 Å². The Morgan fingerprint density at radius 1 is 1.22 bits per heavy atom. The molecule has 0 aliphatic carbocycles. The van der Waals surface area contributed by atoms with E-state index >= 15 is 0 Å². The zero-order valence-electron chi connectivity index (χ0n) is 10.7. The number of aryl methyl sites for hydroxylation is 1. The standard InChI is InChI=1S/C12H19N3O3/c1-11(16)8-12(17)18-7-5-3-2-4-6-15-10-13-9-14-15/h9-10H,2-8H2,1H3. The SMILES string of the molecule is CC(=O)CC(=O)OCCCCCCn1cncn1. The summed E-state index contributed by atoms with van der Waals surface area (Å²) in [5.74, 6) is -0.585. The Kier molecular flexibility index (Phi) is 6.68. The molecule has 1 aromatic heterocycles. The van der Waals surface area contributed by atoms with E-state index in [1.165, 1.54) is 13.3 Å². The number of unbranched alkanes of at least 4 members (excludes halogenated alkanes) is 3. The van der Waals surface area contributed by atoms with Crippen LogP contribution in [0.2, 0.25) is 0 Å². The van der Waals surface area contributed by atoms with Crippen molar-refractivity contribution in [1.29, 1.82) is 0 Å². The first-order valence-corrected chi connectivity index (χ1v) is 6.16. The van der Waals surface area contributed by atoms with Gasteiger partial charge < -0.3 is 4.74 Å². The highest BCUT2D eigenvalue weighted by molar-refractivity contribution is 5.94. The third-order valence-electron chi connectivity index (χ3n) is 2.40. The van der Waals surface area contributed by atoms with E-state index in [-0.39, 0.29) is 12.2 Å². The maximum atomic E-state index is 11.0. The molecule has 0 atom stereocenters. The largest absolute Gasteiger partial charge is 0.465 e. The fraction of sp³-hybridized carbons (Fsp3) is 0.667. The molecule has 0 saturated carbocycles. The third-order valence-corrected chi connectivity index (χ3v) is 2.40. The Morgan fingerprint density at radius 3 is 2.67 bits per heavy atom. The first-order valence-electron chi connectivity index (χ1n) is 6.16. The van der Waals surface area contributed by atoms with Gasteiger partial charge in [0, 0.05) is 6.54 Å². The highest BCUT2D eigenvalue weighted by Gasteiger charge is 2.05. The lowest BCUT2D eigenvalue weighted by atomic mass is 10.2. The molecule has 0 aromatic carbocycles. The van der Waals surface area contributed by atoms with Gasteiger partial charge in [0.25, 0.3) is 0 Å². The Bertz CT molecular complexity index is 363. The van der Waals surface area contributed by atoms with Crippen molar-refractivity contribution in [1.82, 2.24) is 14.8 Å². The Labute approximate surface area is 106 Å². The van der Waals surface area contributed by atoms with Crippen molar-refractivity contribution in [2.45, 2.75) is 45.6 Å². The lowest BCUT2D eigenvalue weighted by molar-refractivity contribution is -0.145. The first-order chi connectivity index (χ1) is 8.68. The van der Waals surface area contributed by atoms with E-state index in [1.54, 1.807) is 11.0 Å². The van der Waals surface area contributed by atoms with Crippen LogP contribution >= 0.6 is 0 Å². The fourth-order valence-electron chi connectivity index (χ4n) is 1.52. The van der Waals surface area contributed by atoms with Crippen molar-refractivity contribution >= 4 is 11.8 Å². The number of ether oxygens (including phenoxy) is 1. The number of ketones is 1. The van der Waals surface area contributed by atoms with Gasteiger partial charge in [-0.05, 0) is 26.2 Å². The summed E-state index contributed by atoms with van der Waals surface area (Å²) < 4.78 is 6.72. The molecule has 0 spiro atoms. The maximum absolute atomic E-state index is 11.0. The predicted octanol–water partition coefficient (Wildman–Crippen LogP) is 1.36. The lowest BCUT2D eigenvalue weighted by Gasteiger charge is -2.03. The normalized spacial score (nSPS) is 10.3. The number of carbonyl (C=O) groups excluding carboxylic acids is 2. The molecule has 6 nitrogen and oxygen atoms in total. The molecular formula is C12H19N3O3. The van der Waals surface area contributed by atoms with Crippen molar-refractivity contribution in [3.8, 4) is 0 Å². The topological polar surface area (TPSA) is 74.1 Å². The number of hydrogen-bond acceptors (Lipinski definition) is 5. The molecule has 18 heavy (non-hydrogen) atoms. The quantitative estimate of drug-likeness (QED) is 0.377. The number of Topliss-reactive ketones (excluding diaryl/α,β-unsaturated/α-hetero) is 1. The zero-order chi connectivity index (χ0) is 13.2. The minimum absolute atomic E-state index is 0.119. The minimum atomic E-state index is -0.426. The molecule has 0 saturated heterocycles. The maximum Gasteiger partial charge on any atom is 0.313 e. The van der Waals surface area contributed by atoms with Gasteiger partial charge in [-0.25, -0.2) is 4.98 Å². The Balaban J connectivity index is 1.89. The van der Waals surface area contributed by atoms with Gasteiger partial charge in [-0.1, -0.05) is 6.42 Å². The van der Waals surface area contributed by atoms with E-state index in [2.05, 4.69) is 10.1 Å². The molecule has 6 heteroatoms. The predicted molar refractivity (Wildman–Crippen MR) is 64.7 cm³/mol. The van der Waals surface area contributed by atoms with Crippen LogP contribution < -0.4 is 0 Å². The van der Waals surface area contributed by atoms with Crippen LogP contribution in [-0.2, 0) is 20.9 Å². The molecule has 0 bridgehead atoms. The van der Waals surface area contributed by atoms with Gasteiger partial charge in [0.05, 0.1) is 6.61 Å². The average Bonchev–Trinajstić information content (AvgIpc) is 2.79. The van der Waals surface area contributed by atoms with Crippen LogP contribution in [-0.4, -0.2) is 33.1 Å². The van der Waals surface area contributed by atoms with Crippen LogP contribution in [0.25, 0.3) is 0 Å². The lowest BCUT2D eigenvalue weighted by Crippen LogP contribution is -2.09. The van der Waals surface area contributed by atoms with Crippen molar-refractivity contribution < 1.29 is 14.3 Å². The molecule has 0 amide bonds. The van der Waals surface area contributed by atoms with Gasteiger partial charge in [-0.3, -0.25) is 14.3 Å². The van der Waals surface area contributed by atoms with Gasteiger partial charge in [0.2, 0.25) is 0 Å². The summed E-state index contributed by atoms with van der Waals surface area (Å²) in [5.41, 5.74) is 0. The van der Waals surface area contributed by atoms with Crippen molar-refractivity contribution in [3.05, 3.63) is 12.7 Å². The highest BCUT2D eigenvalue weighted by Crippen LogP contribution is 2.02.